The lowest BCUT2D eigenvalue weighted by Gasteiger charge is -1.86. The molecule has 0 radical (unpaired) electrons. The van der Waals surface area contributed by atoms with E-state index >= 15 is 0 Å². The minimum Gasteiger partial charge on any atom is -0.394 e. The van der Waals surface area contributed by atoms with Crippen LogP contribution in [0.2, 0.25) is 0 Å². The van der Waals surface area contributed by atoms with E-state index in [0.29, 0.717) is 17.2 Å². The van der Waals surface area contributed by atoms with Crippen LogP contribution in [0.4, 0.5) is 5.69 Å². The summed E-state index contributed by atoms with van der Waals surface area (Å²) in [5.74, 6) is 0.929. The van der Waals surface area contributed by atoms with E-state index in [2.05, 4.69) is 10.3 Å². The lowest BCUT2D eigenvalue weighted by molar-refractivity contribution is 0.386. The topological polar surface area (TPSA) is 78.1 Å². The van der Waals surface area contributed by atoms with Crippen molar-refractivity contribution in [3.8, 4) is 11.5 Å². The Hall–Kier alpha value is -1.78. The third kappa shape index (κ3) is 0.952. The van der Waals surface area contributed by atoms with E-state index in [9.17, 15) is 0 Å². The standard InChI is InChI=1S/C7H7N3O2/c1-4-2-6(11-10-4)7-5(8)3-9-12-7/h2-3H,8H2,1H3. The molecule has 0 bridgehead atoms. The fourth-order valence-corrected chi connectivity index (χ4v) is 0.905. The molecule has 5 heteroatoms. The molecule has 0 aliphatic carbocycles. The van der Waals surface area contributed by atoms with Crippen LogP contribution in [-0.4, -0.2) is 10.3 Å². The average Bonchev–Trinajstić information content (AvgIpc) is 2.58. The van der Waals surface area contributed by atoms with Crippen LogP contribution in [0.15, 0.2) is 21.3 Å². The zero-order valence-electron chi connectivity index (χ0n) is 6.44. The molecule has 0 spiro atoms. The molecule has 0 saturated heterocycles. The zero-order chi connectivity index (χ0) is 8.55. The Bertz CT molecular complexity index is 391. The molecule has 2 heterocycles. The van der Waals surface area contributed by atoms with Crippen LogP contribution >= 0.6 is 0 Å². The minimum atomic E-state index is 0.426. The van der Waals surface area contributed by atoms with Crippen LogP contribution < -0.4 is 5.73 Å². The van der Waals surface area contributed by atoms with Crippen molar-refractivity contribution < 1.29 is 9.05 Å². The van der Waals surface area contributed by atoms with Crippen molar-refractivity contribution in [1.29, 1.82) is 0 Å². The molecule has 0 unspecified atom stereocenters. The number of nitrogen functional groups attached to an aromatic ring is 1. The van der Waals surface area contributed by atoms with Crippen molar-refractivity contribution in [3.05, 3.63) is 18.0 Å². The first kappa shape index (κ1) is 6.90. The molecule has 0 saturated carbocycles. The number of nitrogens with zero attached hydrogens (tertiary/aromatic N) is 2. The smallest absolute Gasteiger partial charge is 0.227 e. The van der Waals surface area contributed by atoms with Gasteiger partial charge in [-0.05, 0) is 6.92 Å². The predicted molar refractivity (Wildman–Crippen MR) is 41.1 cm³/mol. The molecule has 0 aliphatic rings. The van der Waals surface area contributed by atoms with Gasteiger partial charge in [-0.2, -0.15) is 0 Å². The maximum atomic E-state index is 5.54. The second-order valence-electron chi connectivity index (χ2n) is 2.44. The maximum Gasteiger partial charge on any atom is 0.227 e. The highest BCUT2D eigenvalue weighted by Gasteiger charge is 2.12. The Morgan fingerprint density at radius 1 is 1.42 bits per heavy atom. The minimum absolute atomic E-state index is 0.426. The van der Waals surface area contributed by atoms with Crippen molar-refractivity contribution in [2.75, 3.05) is 5.73 Å². The zero-order valence-corrected chi connectivity index (χ0v) is 6.44. The van der Waals surface area contributed by atoms with E-state index in [1.807, 2.05) is 6.92 Å². The predicted octanol–water partition coefficient (Wildman–Crippen LogP) is 1.22. The summed E-state index contributed by atoms with van der Waals surface area (Å²) in [5.41, 5.74) is 6.77. The van der Waals surface area contributed by atoms with Gasteiger partial charge in [-0.3, -0.25) is 0 Å². The van der Waals surface area contributed by atoms with E-state index in [0.717, 1.165) is 5.69 Å². The molecule has 2 rings (SSSR count). The number of hydrogen-bond acceptors (Lipinski definition) is 5. The molecular formula is C7H7N3O2. The molecule has 2 N–H and O–H groups in total. The van der Waals surface area contributed by atoms with Crippen LogP contribution in [0.25, 0.3) is 11.5 Å². The highest BCUT2D eigenvalue weighted by Crippen LogP contribution is 2.25. The van der Waals surface area contributed by atoms with Gasteiger partial charge in [0.25, 0.3) is 0 Å². The lowest BCUT2D eigenvalue weighted by Crippen LogP contribution is -1.82. The third-order valence-corrected chi connectivity index (χ3v) is 1.45. The monoisotopic (exact) mass is 165 g/mol. The van der Waals surface area contributed by atoms with E-state index in [1.54, 1.807) is 6.07 Å². The summed E-state index contributed by atoms with van der Waals surface area (Å²) in [6.07, 6.45) is 1.42. The Balaban J connectivity index is 2.50. The van der Waals surface area contributed by atoms with Gasteiger partial charge >= 0.3 is 0 Å². The number of anilines is 1. The highest BCUT2D eigenvalue weighted by atomic mass is 16.5. The fraction of sp³-hybridized carbons (Fsp3) is 0.143. The van der Waals surface area contributed by atoms with Gasteiger partial charge in [-0.15, -0.1) is 0 Å². The largest absolute Gasteiger partial charge is 0.394 e. The SMILES string of the molecule is Cc1cc(-c2oncc2N)on1. The summed E-state index contributed by atoms with van der Waals surface area (Å²) in [4.78, 5) is 0. The Morgan fingerprint density at radius 3 is 2.75 bits per heavy atom. The highest BCUT2D eigenvalue weighted by molar-refractivity contribution is 5.65. The third-order valence-electron chi connectivity index (χ3n) is 1.45. The first-order valence-corrected chi connectivity index (χ1v) is 3.41. The summed E-state index contributed by atoms with van der Waals surface area (Å²) in [5, 5.41) is 7.21. The number of aryl methyl sites for hydroxylation is 1. The van der Waals surface area contributed by atoms with Gasteiger partial charge in [0.05, 0.1) is 11.9 Å². The van der Waals surface area contributed by atoms with E-state index in [-0.39, 0.29) is 0 Å². The van der Waals surface area contributed by atoms with Gasteiger partial charge in [-0.1, -0.05) is 10.3 Å². The molecule has 2 aromatic heterocycles. The number of hydrogen-bond donors (Lipinski definition) is 1. The van der Waals surface area contributed by atoms with Crippen molar-refractivity contribution in [1.82, 2.24) is 10.3 Å². The first-order chi connectivity index (χ1) is 5.77. The first-order valence-electron chi connectivity index (χ1n) is 3.41. The summed E-state index contributed by atoms with van der Waals surface area (Å²) in [7, 11) is 0. The van der Waals surface area contributed by atoms with Crippen molar-refractivity contribution >= 4 is 5.69 Å². The average molecular weight is 165 g/mol. The van der Waals surface area contributed by atoms with Crippen molar-refractivity contribution in [3.63, 3.8) is 0 Å². The number of rotatable bonds is 1. The Morgan fingerprint density at radius 2 is 2.25 bits per heavy atom. The van der Waals surface area contributed by atoms with E-state index in [4.69, 9.17) is 14.8 Å². The van der Waals surface area contributed by atoms with E-state index in [1.165, 1.54) is 6.20 Å². The quantitative estimate of drug-likeness (QED) is 0.687. The summed E-state index contributed by atoms with van der Waals surface area (Å²) < 4.78 is 9.78. The van der Waals surface area contributed by atoms with Crippen molar-refractivity contribution in [2.24, 2.45) is 0 Å². The second-order valence-corrected chi connectivity index (χ2v) is 2.44. The fourth-order valence-electron chi connectivity index (χ4n) is 0.905. The molecule has 0 atom stereocenters. The molecule has 0 aromatic carbocycles. The summed E-state index contributed by atoms with van der Waals surface area (Å²) in [6, 6.07) is 1.73. The van der Waals surface area contributed by atoms with Crippen molar-refractivity contribution in [2.45, 2.75) is 6.92 Å². The summed E-state index contributed by atoms with van der Waals surface area (Å²) in [6.45, 7) is 1.82. The van der Waals surface area contributed by atoms with Gasteiger partial charge < -0.3 is 14.8 Å². The summed E-state index contributed by atoms with van der Waals surface area (Å²) >= 11 is 0. The maximum absolute atomic E-state index is 5.54. The van der Waals surface area contributed by atoms with Gasteiger partial charge in [0.2, 0.25) is 11.5 Å². The van der Waals surface area contributed by atoms with Gasteiger partial charge in [0.15, 0.2) is 0 Å². The van der Waals surface area contributed by atoms with Crippen LogP contribution in [0.1, 0.15) is 5.69 Å². The molecular weight excluding hydrogens is 158 g/mol. The van der Waals surface area contributed by atoms with Gasteiger partial charge in [0, 0.05) is 6.07 Å². The molecule has 62 valence electrons. The molecule has 0 fully saturated rings. The number of aromatic nitrogens is 2. The Kier molecular flexibility index (Phi) is 1.36. The van der Waals surface area contributed by atoms with Gasteiger partial charge in [-0.25, -0.2) is 0 Å². The molecule has 5 nitrogen and oxygen atoms in total. The molecule has 0 aliphatic heterocycles. The molecule has 12 heavy (non-hydrogen) atoms. The molecule has 2 aromatic rings. The van der Waals surface area contributed by atoms with Crippen LogP contribution in [0, 0.1) is 6.92 Å². The van der Waals surface area contributed by atoms with Crippen LogP contribution in [0.5, 0.6) is 0 Å². The number of nitrogens with two attached hydrogens (primary N) is 1. The lowest BCUT2D eigenvalue weighted by atomic mass is 10.3. The van der Waals surface area contributed by atoms with E-state index < -0.39 is 0 Å². The Labute approximate surface area is 68.1 Å². The van der Waals surface area contributed by atoms with Crippen LogP contribution in [-0.2, 0) is 0 Å². The molecule has 0 amide bonds. The van der Waals surface area contributed by atoms with Gasteiger partial charge in [0.1, 0.15) is 5.69 Å². The normalized spacial score (nSPS) is 10.4. The van der Waals surface area contributed by atoms with Crippen LogP contribution in [0.3, 0.4) is 0 Å². The second kappa shape index (κ2) is 2.37.